The highest BCUT2D eigenvalue weighted by Crippen LogP contribution is 2.32. The molecule has 0 saturated heterocycles. The molecule has 9 heteroatoms. The van der Waals surface area contributed by atoms with E-state index in [1.165, 1.54) is 0 Å². The molecule has 0 unspecified atom stereocenters. The molecule has 6 nitrogen and oxygen atoms in total. The van der Waals surface area contributed by atoms with Gasteiger partial charge in [-0.25, -0.2) is 27.3 Å². The first-order chi connectivity index (χ1) is 6.75. The van der Waals surface area contributed by atoms with E-state index in [0.29, 0.717) is 0 Å². The number of hydrogen-bond donors (Lipinski definition) is 3. The van der Waals surface area contributed by atoms with E-state index in [9.17, 15) is 17.2 Å². The van der Waals surface area contributed by atoms with Gasteiger partial charge in [0.2, 0.25) is 10.0 Å². The third-order valence-electron chi connectivity index (χ3n) is 1.63. The molecule has 6 N–H and O–H groups in total. The van der Waals surface area contributed by atoms with Gasteiger partial charge in [-0.1, -0.05) is 0 Å². The lowest BCUT2D eigenvalue weighted by molar-refractivity contribution is 0.148. The van der Waals surface area contributed by atoms with E-state index < -0.39 is 38.4 Å². The van der Waals surface area contributed by atoms with Gasteiger partial charge in [0.05, 0.1) is 17.4 Å². The third kappa shape index (κ3) is 2.13. The van der Waals surface area contributed by atoms with Crippen molar-refractivity contribution in [3.63, 3.8) is 0 Å². The van der Waals surface area contributed by atoms with E-state index in [1.54, 1.807) is 0 Å². The van der Waals surface area contributed by atoms with Crippen LogP contribution in [0.15, 0.2) is 11.1 Å². The largest absolute Gasteiger partial charge is 0.396 e. The Bertz CT molecular complexity index is 488. The van der Waals surface area contributed by atoms with Gasteiger partial charge in [0, 0.05) is 0 Å². The van der Waals surface area contributed by atoms with E-state index >= 15 is 0 Å². The Labute approximate surface area is 84.1 Å². The van der Waals surface area contributed by atoms with Crippen LogP contribution in [-0.4, -0.2) is 13.4 Å². The topological polar surface area (TPSA) is 125 Å². The van der Waals surface area contributed by atoms with Crippen LogP contribution in [0.2, 0.25) is 0 Å². The number of rotatable bonds is 2. The fraction of sp³-hybridized carbons (Fsp3) is 0.167. The van der Waals surface area contributed by atoms with Crippen molar-refractivity contribution in [1.29, 1.82) is 0 Å². The van der Waals surface area contributed by atoms with E-state index in [0.717, 1.165) is 6.20 Å². The number of hydrogen-bond acceptors (Lipinski definition) is 5. The number of primary sulfonamides is 1. The number of aromatic nitrogens is 1. The highest BCUT2D eigenvalue weighted by Gasteiger charge is 2.26. The van der Waals surface area contributed by atoms with Crippen LogP contribution in [0.4, 0.5) is 20.3 Å². The maximum absolute atomic E-state index is 12.5. The predicted molar refractivity (Wildman–Crippen MR) is 49.4 cm³/mol. The normalized spacial score (nSPS) is 12.0. The number of nitrogens with zero attached hydrogens (tertiary/aromatic N) is 1. The molecule has 0 fully saturated rings. The molecule has 15 heavy (non-hydrogen) atoms. The van der Waals surface area contributed by atoms with Crippen LogP contribution in [0.1, 0.15) is 12.0 Å². The lowest BCUT2D eigenvalue weighted by Gasteiger charge is -2.11. The smallest absolute Gasteiger partial charge is 0.268 e. The first kappa shape index (κ1) is 11.6. The van der Waals surface area contributed by atoms with Crippen LogP contribution in [-0.2, 0) is 10.0 Å². The van der Waals surface area contributed by atoms with Crippen molar-refractivity contribution < 1.29 is 17.2 Å². The molecule has 0 bridgehead atoms. The number of nitrogen functional groups attached to an aromatic ring is 2. The maximum atomic E-state index is 12.5. The molecule has 1 heterocycles. The van der Waals surface area contributed by atoms with Crippen molar-refractivity contribution >= 4 is 21.5 Å². The van der Waals surface area contributed by atoms with E-state index in [-0.39, 0.29) is 0 Å². The summed E-state index contributed by atoms with van der Waals surface area (Å²) in [7, 11) is -4.36. The van der Waals surface area contributed by atoms with Gasteiger partial charge in [-0.15, -0.1) is 0 Å². The zero-order valence-electron chi connectivity index (χ0n) is 7.31. The Balaban J connectivity index is 3.68. The first-order valence-electron chi connectivity index (χ1n) is 3.60. The van der Waals surface area contributed by atoms with Gasteiger partial charge in [-0.2, -0.15) is 0 Å². The number of pyridine rings is 1. The molecule has 0 saturated carbocycles. The molecule has 0 aliphatic heterocycles. The molecule has 0 amide bonds. The molecule has 1 aromatic rings. The second-order valence-corrected chi connectivity index (χ2v) is 4.19. The molecule has 0 atom stereocenters. The minimum Gasteiger partial charge on any atom is -0.396 e. The fourth-order valence-electron chi connectivity index (χ4n) is 1.07. The number of sulfonamides is 1. The summed E-state index contributed by atoms with van der Waals surface area (Å²) in [5.41, 5.74) is 8.91. The summed E-state index contributed by atoms with van der Waals surface area (Å²) in [4.78, 5) is 2.46. The quantitative estimate of drug-likeness (QED) is 0.659. The second-order valence-electron chi connectivity index (χ2n) is 2.69. The molecular weight excluding hydrogens is 230 g/mol. The number of alkyl halides is 2. The Hall–Kier alpha value is -1.48. The highest BCUT2D eigenvalue weighted by atomic mass is 32.2. The van der Waals surface area contributed by atoms with Crippen molar-refractivity contribution in [2.75, 3.05) is 11.5 Å². The Morgan fingerprint density at radius 2 is 1.87 bits per heavy atom. The molecule has 0 radical (unpaired) electrons. The molecule has 84 valence electrons. The monoisotopic (exact) mass is 238 g/mol. The van der Waals surface area contributed by atoms with Gasteiger partial charge in [0.1, 0.15) is 10.7 Å². The third-order valence-corrected chi connectivity index (χ3v) is 2.65. The average molecular weight is 238 g/mol. The predicted octanol–water partition coefficient (Wildman–Crippen LogP) is -0.169. The number of halogens is 2. The van der Waals surface area contributed by atoms with Crippen molar-refractivity contribution in [2.24, 2.45) is 5.14 Å². The van der Waals surface area contributed by atoms with Gasteiger partial charge in [-0.05, 0) is 0 Å². The molecule has 0 aliphatic carbocycles. The summed E-state index contributed by atoms with van der Waals surface area (Å²) in [6, 6.07) is 0. The van der Waals surface area contributed by atoms with Gasteiger partial charge >= 0.3 is 0 Å². The first-order valence-corrected chi connectivity index (χ1v) is 5.14. The summed E-state index contributed by atoms with van der Waals surface area (Å²) in [5, 5.41) is 4.74. The molecule has 1 aromatic heterocycles. The summed E-state index contributed by atoms with van der Waals surface area (Å²) in [6.07, 6.45) is -2.25. The van der Waals surface area contributed by atoms with E-state index in [4.69, 9.17) is 16.6 Å². The lowest BCUT2D eigenvalue weighted by atomic mass is 10.2. The number of anilines is 2. The van der Waals surface area contributed by atoms with Gasteiger partial charge < -0.3 is 11.5 Å². The SMILES string of the molecule is Nc1cnc(N)c(C(F)F)c1S(N)(=O)=O. The van der Waals surface area contributed by atoms with Gasteiger partial charge in [0.15, 0.2) is 0 Å². The summed E-state index contributed by atoms with van der Waals surface area (Å²) < 4.78 is 47.0. The minimum atomic E-state index is -4.36. The van der Waals surface area contributed by atoms with Crippen LogP contribution in [0.5, 0.6) is 0 Å². The van der Waals surface area contributed by atoms with Crippen LogP contribution in [0, 0.1) is 0 Å². The summed E-state index contributed by atoms with van der Waals surface area (Å²) in [5.74, 6) is -0.608. The summed E-state index contributed by atoms with van der Waals surface area (Å²) >= 11 is 0. The van der Waals surface area contributed by atoms with Gasteiger partial charge in [-0.3, -0.25) is 0 Å². The lowest BCUT2D eigenvalue weighted by Crippen LogP contribution is -2.18. The molecular formula is C6H8F2N4O2S. The van der Waals surface area contributed by atoms with Crippen molar-refractivity contribution in [3.8, 4) is 0 Å². The van der Waals surface area contributed by atoms with E-state index in [1.807, 2.05) is 0 Å². The van der Waals surface area contributed by atoms with Crippen LogP contribution < -0.4 is 16.6 Å². The molecule has 1 rings (SSSR count). The Morgan fingerprint density at radius 1 is 1.33 bits per heavy atom. The minimum absolute atomic E-state index is 0.456. The van der Waals surface area contributed by atoms with Crippen molar-refractivity contribution in [1.82, 2.24) is 4.98 Å². The fourth-order valence-corrected chi connectivity index (χ4v) is 1.95. The zero-order chi connectivity index (χ0) is 11.8. The maximum Gasteiger partial charge on any atom is 0.268 e. The van der Waals surface area contributed by atoms with Crippen molar-refractivity contribution in [3.05, 3.63) is 11.8 Å². The standard InChI is InChI=1S/C6H8F2N4O2S/c7-5(8)3-4(15(11,13)14)2(9)1-12-6(3)10/h1,5H,9H2,(H2,10,12)(H2,11,13,14). The van der Waals surface area contributed by atoms with Crippen LogP contribution in [0.25, 0.3) is 0 Å². The Morgan fingerprint density at radius 3 is 2.20 bits per heavy atom. The summed E-state index contributed by atoms with van der Waals surface area (Å²) in [6.45, 7) is 0. The molecule has 0 aliphatic rings. The Kier molecular flexibility index (Phi) is 2.77. The second kappa shape index (κ2) is 3.59. The molecule has 0 spiro atoms. The zero-order valence-corrected chi connectivity index (χ0v) is 8.13. The van der Waals surface area contributed by atoms with Crippen molar-refractivity contribution in [2.45, 2.75) is 11.3 Å². The highest BCUT2D eigenvalue weighted by molar-refractivity contribution is 7.89. The number of nitrogens with two attached hydrogens (primary N) is 3. The molecule has 0 aromatic carbocycles. The van der Waals surface area contributed by atoms with Gasteiger partial charge in [0.25, 0.3) is 6.43 Å². The van der Waals surface area contributed by atoms with Crippen LogP contribution in [0.3, 0.4) is 0 Å². The van der Waals surface area contributed by atoms with Crippen LogP contribution >= 0.6 is 0 Å². The van der Waals surface area contributed by atoms with E-state index in [2.05, 4.69) is 4.98 Å². The average Bonchev–Trinajstić information content (AvgIpc) is 2.05.